The van der Waals surface area contributed by atoms with Gasteiger partial charge in [0.15, 0.2) is 0 Å². The second kappa shape index (κ2) is 6.75. The third-order valence-electron chi connectivity index (χ3n) is 2.87. The molecule has 1 heterocycles. The Morgan fingerprint density at radius 2 is 1.80 bits per heavy atom. The SMILES string of the molecule is CCCNc1nccc(-c2c(OC)cccc2OC)n1. The van der Waals surface area contributed by atoms with Crippen LogP contribution in [0.5, 0.6) is 11.5 Å². The van der Waals surface area contributed by atoms with Gasteiger partial charge in [0.05, 0.1) is 25.5 Å². The van der Waals surface area contributed by atoms with E-state index in [1.807, 2.05) is 24.3 Å². The molecule has 20 heavy (non-hydrogen) atoms. The molecule has 0 aliphatic carbocycles. The van der Waals surface area contributed by atoms with E-state index >= 15 is 0 Å². The molecule has 2 rings (SSSR count). The Balaban J connectivity index is 2.45. The van der Waals surface area contributed by atoms with Crippen LogP contribution < -0.4 is 14.8 Å². The lowest BCUT2D eigenvalue weighted by atomic mass is 10.1. The van der Waals surface area contributed by atoms with Crippen molar-refractivity contribution in [2.24, 2.45) is 0 Å². The van der Waals surface area contributed by atoms with E-state index in [2.05, 4.69) is 22.2 Å². The van der Waals surface area contributed by atoms with Crippen LogP contribution in [0.3, 0.4) is 0 Å². The number of benzene rings is 1. The highest BCUT2D eigenvalue weighted by molar-refractivity contribution is 5.74. The summed E-state index contributed by atoms with van der Waals surface area (Å²) in [5.74, 6) is 2.06. The standard InChI is InChI=1S/C15H19N3O2/c1-4-9-16-15-17-10-8-11(18-15)14-12(19-2)6-5-7-13(14)20-3/h5-8,10H,4,9H2,1-3H3,(H,16,17,18). The number of methoxy groups -OCH3 is 2. The molecular formula is C15H19N3O2. The Bertz CT molecular complexity index is 551. The summed E-state index contributed by atoms with van der Waals surface area (Å²) < 4.78 is 10.8. The highest BCUT2D eigenvalue weighted by Crippen LogP contribution is 2.37. The number of ether oxygens (including phenoxy) is 2. The predicted octanol–water partition coefficient (Wildman–Crippen LogP) is 2.98. The van der Waals surface area contributed by atoms with Gasteiger partial charge in [0.25, 0.3) is 0 Å². The normalized spacial score (nSPS) is 10.2. The van der Waals surface area contributed by atoms with E-state index in [-0.39, 0.29) is 0 Å². The zero-order valence-electron chi connectivity index (χ0n) is 12.0. The molecule has 0 aliphatic heterocycles. The lowest BCUT2D eigenvalue weighted by molar-refractivity contribution is 0.397. The molecule has 0 aliphatic rings. The summed E-state index contributed by atoms with van der Waals surface area (Å²) in [5.41, 5.74) is 1.60. The lowest BCUT2D eigenvalue weighted by Gasteiger charge is -2.13. The van der Waals surface area contributed by atoms with Crippen LogP contribution in [-0.4, -0.2) is 30.7 Å². The molecule has 2 aromatic rings. The van der Waals surface area contributed by atoms with Crippen molar-refractivity contribution in [2.75, 3.05) is 26.1 Å². The zero-order chi connectivity index (χ0) is 14.4. The van der Waals surface area contributed by atoms with Gasteiger partial charge in [-0.15, -0.1) is 0 Å². The third-order valence-corrected chi connectivity index (χ3v) is 2.87. The van der Waals surface area contributed by atoms with Crippen molar-refractivity contribution in [3.05, 3.63) is 30.5 Å². The van der Waals surface area contributed by atoms with Crippen LogP contribution in [-0.2, 0) is 0 Å². The monoisotopic (exact) mass is 273 g/mol. The molecule has 5 heteroatoms. The number of hydrogen-bond acceptors (Lipinski definition) is 5. The van der Waals surface area contributed by atoms with Gasteiger partial charge in [-0.1, -0.05) is 13.0 Å². The van der Waals surface area contributed by atoms with E-state index in [9.17, 15) is 0 Å². The summed E-state index contributed by atoms with van der Waals surface area (Å²) in [6.07, 6.45) is 2.75. The number of nitrogens with zero attached hydrogens (tertiary/aromatic N) is 2. The maximum Gasteiger partial charge on any atom is 0.223 e. The van der Waals surface area contributed by atoms with Gasteiger partial charge in [-0.05, 0) is 24.6 Å². The molecule has 0 amide bonds. The van der Waals surface area contributed by atoms with E-state index < -0.39 is 0 Å². The number of aromatic nitrogens is 2. The molecule has 1 aromatic heterocycles. The van der Waals surface area contributed by atoms with Crippen molar-refractivity contribution in [1.29, 1.82) is 0 Å². The summed E-state index contributed by atoms with van der Waals surface area (Å²) in [5, 5.41) is 3.18. The Morgan fingerprint density at radius 3 is 2.40 bits per heavy atom. The van der Waals surface area contributed by atoms with E-state index in [0.29, 0.717) is 5.95 Å². The minimum atomic E-state index is 0.609. The summed E-state index contributed by atoms with van der Waals surface area (Å²) in [6, 6.07) is 7.51. The van der Waals surface area contributed by atoms with Gasteiger partial charge in [0, 0.05) is 12.7 Å². The van der Waals surface area contributed by atoms with Crippen molar-refractivity contribution < 1.29 is 9.47 Å². The number of rotatable bonds is 6. The fourth-order valence-electron chi connectivity index (χ4n) is 1.92. The van der Waals surface area contributed by atoms with E-state index in [0.717, 1.165) is 35.7 Å². The van der Waals surface area contributed by atoms with Crippen LogP contribution in [0, 0.1) is 0 Å². The van der Waals surface area contributed by atoms with E-state index in [4.69, 9.17) is 9.47 Å². The smallest absolute Gasteiger partial charge is 0.223 e. The average Bonchev–Trinajstić information content (AvgIpc) is 2.52. The van der Waals surface area contributed by atoms with Crippen molar-refractivity contribution >= 4 is 5.95 Å². The Labute approximate surface area is 119 Å². The minimum Gasteiger partial charge on any atom is -0.496 e. The van der Waals surface area contributed by atoms with Crippen LogP contribution in [0.25, 0.3) is 11.3 Å². The Morgan fingerprint density at radius 1 is 1.10 bits per heavy atom. The number of hydrogen-bond donors (Lipinski definition) is 1. The molecule has 0 unspecified atom stereocenters. The van der Waals surface area contributed by atoms with Crippen LogP contribution in [0.4, 0.5) is 5.95 Å². The van der Waals surface area contributed by atoms with Gasteiger partial charge in [0.1, 0.15) is 11.5 Å². The number of anilines is 1. The molecule has 106 valence electrons. The Kier molecular flexibility index (Phi) is 4.76. The maximum atomic E-state index is 5.40. The first-order chi connectivity index (χ1) is 9.80. The topological polar surface area (TPSA) is 56.3 Å². The highest BCUT2D eigenvalue weighted by Gasteiger charge is 2.14. The maximum absolute atomic E-state index is 5.40. The lowest BCUT2D eigenvalue weighted by Crippen LogP contribution is -2.05. The fourth-order valence-corrected chi connectivity index (χ4v) is 1.92. The second-order valence-electron chi connectivity index (χ2n) is 4.23. The van der Waals surface area contributed by atoms with Crippen molar-refractivity contribution in [3.8, 4) is 22.8 Å². The van der Waals surface area contributed by atoms with Crippen molar-refractivity contribution in [1.82, 2.24) is 9.97 Å². The molecule has 0 spiro atoms. The first-order valence-electron chi connectivity index (χ1n) is 6.58. The summed E-state index contributed by atoms with van der Waals surface area (Å²) in [6.45, 7) is 2.94. The van der Waals surface area contributed by atoms with Crippen LogP contribution >= 0.6 is 0 Å². The van der Waals surface area contributed by atoms with E-state index in [1.54, 1.807) is 20.4 Å². The van der Waals surface area contributed by atoms with Gasteiger partial charge < -0.3 is 14.8 Å². The van der Waals surface area contributed by atoms with Crippen LogP contribution in [0.1, 0.15) is 13.3 Å². The first kappa shape index (κ1) is 14.1. The summed E-state index contributed by atoms with van der Waals surface area (Å²) >= 11 is 0. The van der Waals surface area contributed by atoms with Gasteiger partial charge in [-0.25, -0.2) is 9.97 Å². The molecule has 0 fully saturated rings. The van der Waals surface area contributed by atoms with Gasteiger partial charge in [0.2, 0.25) is 5.95 Å². The molecule has 0 saturated heterocycles. The van der Waals surface area contributed by atoms with E-state index in [1.165, 1.54) is 0 Å². The van der Waals surface area contributed by atoms with Gasteiger partial charge in [-0.3, -0.25) is 0 Å². The number of nitrogens with one attached hydrogen (secondary N) is 1. The molecule has 5 nitrogen and oxygen atoms in total. The van der Waals surface area contributed by atoms with Gasteiger partial charge >= 0.3 is 0 Å². The van der Waals surface area contributed by atoms with Crippen molar-refractivity contribution in [2.45, 2.75) is 13.3 Å². The van der Waals surface area contributed by atoms with Crippen LogP contribution in [0.2, 0.25) is 0 Å². The quantitative estimate of drug-likeness (QED) is 0.876. The van der Waals surface area contributed by atoms with Gasteiger partial charge in [-0.2, -0.15) is 0 Å². The fraction of sp³-hybridized carbons (Fsp3) is 0.333. The Hall–Kier alpha value is -2.30. The summed E-state index contributed by atoms with van der Waals surface area (Å²) in [7, 11) is 3.27. The van der Waals surface area contributed by atoms with Crippen molar-refractivity contribution in [3.63, 3.8) is 0 Å². The highest BCUT2D eigenvalue weighted by atomic mass is 16.5. The molecule has 1 N–H and O–H groups in total. The largest absolute Gasteiger partial charge is 0.496 e. The second-order valence-corrected chi connectivity index (χ2v) is 4.23. The average molecular weight is 273 g/mol. The molecular weight excluding hydrogens is 254 g/mol. The van der Waals surface area contributed by atoms with Crippen LogP contribution in [0.15, 0.2) is 30.5 Å². The molecule has 0 saturated carbocycles. The molecule has 0 bridgehead atoms. The minimum absolute atomic E-state index is 0.609. The molecule has 0 atom stereocenters. The first-order valence-corrected chi connectivity index (χ1v) is 6.58. The summed E-state index contributed by atoms with van der Waals surface area (Å²) in [4.78, 5) is 8.73. The zero-order valence-corrected chi connectivity index (χ0v) is 12.0. The molecule has 0 radical (unpaired) electrons. The predicted molar refractivity (Wildman–Crippen MR) is 79.4 cm³/mol. The third kappa shape index (κ3) is 2.99. The molecule has 1 aromatic carbocycles.